The molecule has 0 aromatic carbocycles. The van der Waals surface area contributed by atoms with E-state index in [-0.39, 0.29) is 11.7 Å². The highest BCUT2D eigenvalue weighted by molar-refractivity contribution is 5.90. The summed E-state index contributed by atoms with van der Waals surface area (Å²) in [5.74, 6) is -0.0176. The summed E-state index contributed by atoms with van der Waals surface area (Å²) >= 11 is 0. The molecular weight excluding hydrogens is 258 g/mol. The minimum atomic E-state index is -0.156. The van der Waals surface area contributed by atoms with E-state index in [0.717, 1.165) is 25.9 Å². The Hall–Kier alpha value is -1.54. The van der Waals surface area contributed by atoms with Gasteiger partial charge in [0, 0.05) is 13.1 Å². The van der Waals surface area contributed by atoms with E-state index in [1.165, 1.54) is 0 Å². The van der Waals surface area contributed by atoms with Gasteiger partial charge in [-0.3, -0.25) is 4.79 Å². The van der Waals surface area contributed by atoms with Crippen LogP contribution >= 0.6 is 0 Å². The Morgan fingerprint density at radius 3 is 1.95 bits per heavy atom. The van der Waals surface area contributed by atoms with Crippen molar-refractivity contribution in [1.29, 1.82) is 0 Å². The van der Waals surface area contributed by atoms with Gasteiger partial charge in [-0.05, 0) is 59.3 Å². The van der Waals surface area contributed by atoms with Crippen molar-refractivity contribution in [2.45, 2.75) is 12.8 Å². The van der Waals surface area contributed by atoms with Crippen molar-refractivity contribution in [3.8, 4) is 0 Å². The Morgan fingerprint density at radius 2 is 1.55 bits per heavy atom. The maximum Gasteiger partial charge on any atom is 0.295 e. The zero-order valence-corrected chi connectivity index (χ0v) is 12.8. The van der Waals surface area contributed by atoms with Crippen molar-refractivity contribution in [2.75, 3.05) is 54.4 Å². The molecule has 1 amide bonds. The molecule has 0 bridgehead atoms. The molecular formula is C12H25N7O. The predicted octanol–water partition coefficient (Wildman–Crippen LogP) is -0.455. The van der Waals surface area contributed by atoms with E-state index < -0.39 is 0 Å². The molecule has 0 radical (unpaired) electrons. The van der Waals surface area contributed by atoms with E-state index in [2.05, 4.69) is 30.4 Å². The highest BCUT2D eigenvalue weighted by Crippen LogP contribution is 2.02. The predicted molar refractivity (Wildman–Crippen MR) is 76.4 cm³/mol. The quantitative estimate of drug-likeness (QED) is 0.661. The van der Waals surface area contributed by atoms with Crippen molar-refractivity contribution in [3.63, 3.8) is 0 Å². The number of amides is 1. The zero-order valence-electron chi connectivity index (χ0n) is 12.8. The molecule has 114 valence electrons. The second kappa shape index (κ2) is 8.60. The topological polar surface area (TPSA) is 81.2 Å². The number of carbonyl (C=O) groups is 1. The van der Waals surface area contributed by atoms with Crippen LogP contribution < -0.4 is 0 Å². The summed E-state index contributed by atoms with van der Waals surface area (Å²) in [5.41, 5.74) is 0. The largest absolute Gasteiger partial charge is 0.336 e. The smallest absolute Gasteiger partial charge is 0.295 e. The number of hydrogen-bond acceptors (Lipinski definition) is 6. The van der Waals surface area contributed by atoms with E-state index in [0.29, 0.717) is 13.1 Å². The molecule has 0 saturated carbocycles. The highest BCUT2D eigenvalue weighted by Gasteiger charge is 2.19. The first-order chi connectivity index (χ1) is 9.50. The van der Waals surface area contributed by atoms with E-state index in [4.69, 9.17) is 0 Å². The van der Waals surface area contributed by atoms with Gasteiger partial charge in [0.05, 0.1) is 0 Å². The number of nitrogens with one attached hydrogen (secondary N) is 1. The standard InChI is InChI=1S/C12H25N7O/c1-17(2)7-5-9-19(10-6-8-18(3)4)12(20)11-13-15-16-14-11/h5-10H2,1-4H3,(H,13,14,15,16). The number of tetrazole rings is 1. The molecule has 0 aliphatic heterocycles. The normalized spacial score (nSPS) is 11.3. The Labute approximate surface area is 120 Å². The van der Waals surface area contributed by atoms with Crippen LogP contribution in [0.15, 0.2) is 0 Å². The molecule has 1 rings (SSSR count). The van der Waals surface area contributed by atoms with Gasteiger partial charge in [-0.1, -0.05) is 0 Å². The lowest BCUT2D eigenvalue weighted by Gasteiger charge is -2.23. The minimum Gasteiger partial charge on any atom is -0.336 e. The highest BCUT2D eigenvalue weighted by atomic mass is 16.2. The van der Waals surface area contributed by atoms with Crippen molar-refractivity contribution >= 4 is 5.91 Å². The molecule has 0 spiro atoms. The Kier molecular flexibility index (Phi) is 7.10. The van der Waals surface area contributed by atoms with Crippen molar-refractivity contribution in [3.05, 3.63) is 5.82 Å². The lowest BCUT2D eigenvalue weighted by molar-refractivity contribution is 0.0732. The van der Waals surface area contributed by atoms with Crippen molar-refractivity contribution in [1.82, 2.24) is 35.3 Å². The Morgan fingerprint density at radius 1 is 1.00 bits per heavy atom. The number of H-pyrrole nitrogens is 1. The van der Waals surface area contributed by atoms with Crippen LogP contribution in [0.3, 0.4) is 0 Å². The van der Waals surface area contributed by atoms with Crippen LogP contribution in [-0.2, 0) is 0 Å². The van der Waals surface area contributed by atoms with E-state index in [1.807, 2.05) is 28.2 Å². The number of aromatic nitrogens is 4. The molecule has 0 saturated heterocycles. The average molecular weight is 283 g/mol. The molecule has 0 aliphatic carbocycles. The van der Waals surface area contributed by atoms with Crippen LogP contribution in [0.25, 0.3) is 0 Å². The first-order valence-electron chi connectivity index (χ1n) is 6.83. The molecule has 1 N–H and O–H groups in total. The first-order valence-corrected chi connectivity index (χ1v) is 6.83. The second-order valence-corrected chi connectivity index (χ2v) is 5.34. The summed E-state index contributed by atoms with van der Waals surface area (Å²) in [6.07, 6.45) is 1.86. The summed E-state index contributed by atoms with van der Waals surface area (Å²) in [5, 5.41) is 13.3. The molecule has 0 unspecified atom stereocenters. The lowest BCUT2D eigenvalue weighted by Crippen LogP contribution is -2.36. The summed E-state index contributed by atoms with van der Waals surface area (Å²) < 4.78 is 0. The van der Waals surface area contributed by atoms with Gasteiger partial charge in [0.2, 0.25) is 0 Å². The van der Waals surface area contributed by atoms with Crippen LogP contribution in [0.4, 0.5) is 0 Å². The summed E-state index contributed by atoms with van der Waals surface area (Å²) in [4.78, 5) is 18.3. The molecule has 1 aromatic heterocycles. The van der Waals surface area contributed by atoms with E-state index in [9.17, 15) is 4.79 Å². The SMILES string of the molecule is CN(C)CCCN(CCCN(C)C)C(=O)c1nn[nH]n1. The van der Waals surface area contributed by atoms with Crippen molar-refractivity contribution < 1.29 is 4.79 Å². The van der Waals surface area contributed by atoms with Gasteiger partial charge in [0.15, 0.2) is 0 Å². The average Bonchev–Trinajstić information content (AvgIpc) is 2.89. The number of aromatic amines is 1. The molecule has 1 heterocycles. The van der Waals surface area contributed by atoms with Gasteiger partial charge in [-0.2, -0.15) is 5.21 Å². The summed E-state index contributed by atoms with van der Waals surface area (Å²) in [6, 6.07) is 0. The van der Waals surface area contributed by atoms with Gasteiger partial charge in [-0.15, -0.1) is 10.2 Å². The van der Waals surface area contributed by atoms with Gasteiger partial charge in [-0.25, -0.2) is 0 Å². The van der Waals surface area contributed by atoms with Crippen LogP contribution in [0.5, 0.6) is 0 Å². The first kappa shape index (κ1) is 16.5. The fourth-order valence-corrected chi connectivity index (χ4v) is 1.86. The molecule has 8 heteroatoms. The third-order valence-corrected chi connectivity index (χ3v) is 2.89. The number of carbonyl (C=O) groups excluding carboxylic acids is 1. The van der Waals surface area contributed by atoms with Crippen LogP contribution in [0.1, 0.15) is 23.5 Å². The monoisotopic (exact) mass is 283 g/mol. The van der Waals surface area contributed by atoms with Gasteiger partial charge >= 0.3 is 0 Å². The van der Waals surface area contributed by atoms with Gasteiger partial charge in [0.1, 0.15) is 0 Å². The molecule has 20 heavy (non-hydrogen) atoms. The third-order valence-electron chi connectivity index (χ3n) is 2.89. The lowest BCUT2D eigenvalue weighted by atomic mass is 10.3. The maximum absolute atomic E-state index is 12.3. The number of nitrogens with zero attached hydrogens (tertiary/aromatic N) is 6. The van der Waals surface area contributed by atoms with Gasteiger partial charge in [0.25, 0.3) is 11.7 Å². The number of hydrogen-bond donors (Lipinski definition) is 1. The third kappa shape index (κ3) is 6.07. The molecule has 0 aliphatic rings. The van der Waals surface area contributed by atoms with Crippen LogP contribution in [0.2, 0.25) is 0 Å². The maximum atomic E-state index is 12.3. The molecule has 0 fully saturated rings. The molecule has 0 atom stereocenters. The van der Waals surface area contributed by atoms with E-state index >= 15 is 0 Å². The zero-order chi connectivity index (χ0) is 15.0. The van der Waals surface area contributed by atoms with Gasteiger partial charge < -0.3 is 14.7 Å². The summed E-state index contributed by atoms with van der Waals surface area (Å²) in [6.45, 7) is 3.31. The second-order valence-electron chi connectivity index (χ2n) is 5.34. The van der Waals surface area contributed by atoms with Crippen molar-refractivity contribution in [2.24, 2.45) is 0 Å². The molecule has 8 nitrogen and oxygen atoms in total. The number of rotatable bonds is 9. The van der Waals surface area contributed by atoms with Crippen LogP contribution in [-0.4, -0.2) is 95.6 Å². The Bertz CT molecular complexity index is 363. The molecule has 1 aromatic rings. The fraction of sp³-hybridized carbons (Fsp3) is 0.833. The fourth-order valence-electron chi connectivity index (χ4n) is 1.86. The summed E-state index contributed by atoms with van der Waals surface area (Å²) in [7, 11) is 8.10. The van der Waals surface area contributed by atoms with Crippen LogP contribution in [0, 0.1) is 0 Å². The minimum absolute atomic E-state index is 0.139. The van der Waals surface area contributed by atoms with E-state index in [1.54, 1.807) is 4.90 Å². The Balaban J connectivity index is 2.51.